The molecule has 0 bridgehead atoms. The Morgan fingerprint density at radius 1 is 1.18 bits per heavy atom. The lowest BCUT2D eigenvalue weighted by molar-refractivity contribution is -0.128. The number of carbonyl (C=O) groups excluding carboxylic acids is 2. The van der Waals surface area contributed by atoms with Crippen LogP contribution in [0.1, 0.15) is 29.7 Å². The number of fused-ring (bicyclic) bond motifs is 1. The second kappa shape index (κ2) is 9.75. The SMILES string of the molecule is CC1=C(C(=O)Nc2nnc(SCC(=O)N3Cc4ccccc4C3)s2)C(c2ccccc2Cl)NO1. The number of amides is 2. The molecule has 1 aromatic heterocycles. The number of hydrogen-bond acceptors (Lipinski definition) is 8. The Morgan fingerprint density at radius 3 is 2.62 bits per heavy atom. The first-order chi connectivity index (χ1) is 16.5. The Hall–Kier alpha value is -2.92. The van der Waals surface area contributed by atoms with Gasteiger partial charge >= 0.3 is 0 Å². The number of allylic oxidation sites excluding steroid dienone is 1. The van der Waals surface area contributed by atoms with E-state index in [2.05, 4.69) is 21.0 Å². The van der Waals surface area contributed by atoms with Crippen LogP contribution in [0.2, 0.25) is 5.02 Å². The molecular weight excluding hydrogens is 494 g/mol. The summed E-state index contributed by atoms with van der Waals surface area (Å²) < 4.78 is 0.606. The van der Waals surface area contributed by atoms with Crippen molar-refractivity contribution in [3.63, 3.8) is 0 Å². The molecule has 0 spiro atoms. The normalized spacial score (nSPS) is 17.0. The van der Waals surface area contributed by atoms with E-state index in [9.17, 15) is 9.59 Å². The van der Waals surface area contributed by atoms with Gasteiger partial charge in [0.25, 0.3) is 5.91 Å². The minimum Gasteiger partial charge on any atom is -0.412 e. The van der Waals surface area contributed by atoms with Crippen molar-refractivity contribution in [1.29, 1.82) is 0 Å². The van der Waals surface area contributed by atoms with E-state index in [-0.39, 0.29) is 17.6 Å². The van der Waals surface area contributed by atoms with Crippen LogP contribution in [0.15, 0.2) is 64.2 Å². The summed E-state index contributed by atoms with van der Waals surface area (Å²) in [5.41, 5.74) is 6.38. The maximum absolute atomic E-state index is 13.0. The second-order valence-electron chi connectivity index (χ2n) is 7.78. The molecular formula is C23H20ClN5O3S2. The van der Waals surface area contributed by atoms with Crippen molar-refractivity contribution >= 4 is 51.6 Å². The summed E-state index contributed by atoms with van der Waals surface area (Å²) in [6, 6.07) is 14.8. The van der Waals surface area contributed by atoms with Crippen LogP contribution >= 0.6 is 34.7 Å². The van der Waals surface area contributed by atoms with Crippen molar-refractivity contribution < 1.29 is 14.4 Å². The predicted molar refractivity (Wildman–Crippen MR) is 131 cm³/mol. The van der Waals surface area contributed by atoms with Gasteiger partial charge in [-0.25, -0.2) is 0 Å². The zero-order valence-corrected chi connectivity index (χ0v) is 20.5. The number of anilines is 1. The lowest BCUT2D eigenvalue weighted by atomic mass is 9.98. The Morgan fingerprint density at radius 2 is 1.88 bits per heavy atom. The zero-order valence-electron chi connectivity index (χ0n) is 18.1. The highest BCUT2D eigenvalue weighted by Gasteiger charge is 2.33. The van der Waals surface area contributed by atoms with Gasteiger partial charge in [0.15, 0.2) is 4.34 Å². The average Bonchev–Trinajstić information content (AvgIpc) is 3.56. The van der Waals surface area contributed by atoms with Crippen molar-refractivity contribution in [3.05, 3.63) is 81.6 Å². The van der Waals surface area contributed by atoms with Crippen molar-refractivity contribution in [3.8, 4) is 0 Å². The quantitative estimate of drug-likeness (QED) is 0.374. The first kappa shape index (κ1) is 22.9. The molecule has 0 aliphatic carbocycles. The molecule has 11 heteroatoms. The van der Waals surface area contributed by atoms with E-state index in [1.807, 2.05) is 47.4 Å². The average molecular weight is 514 g/mol. The van der Waals surface area contributed by atoms with Gasteiger partial charge in [-0.3, -0.25) is 14.9 Å². The first-order valence-corrected chi connectivity index (χ1v) is 12.7. The van der Waals surface area contributed by atoms with Crippen molar-refractivity contribution in [2.24, 2.45) is 0 Å². The topological polar surface area (TPSA) is 96.5 Å². The molecule has 0 fully saturated rings. The van der Waals surface area contributed by atoms with E-state index in [0.717, 1.165) is 5.56 Å². The van der Waals surface area contributed by atoms with E-state index in [1.54, 1.807) is 13.0 Å². The smallest absolute Gasteiger partial charge is 0.258 e. The van der Waals surface area contributed by atoms with Gasteiger partial charge in [-0.15, -0.1) is 15.7 Å². The van der Waals surface area contributed by atoms with Gasteiger partial charge in [0.1, 0.15) is 11.8 Å². The third-order valence-corrected chi connectivity index (χ3v) is 7.90. The molecule has 2 aliphatic heterocycles. The molecule has 0 radical (unpaired) electrons. The highest BCUT2D eigenvalue weighted by atomic mass is 35.5. The number of carbonyl (C=O) groups is 2. The summed E-state index contributed by atoms with van der Waals surface area (Å²) in [6.45, 7) is 2.97. The summed E-state index contributed by atoms with van der Waals surface area (Å²) >= 11 is 8.85. The highest BCUT2D eigenvalue weighted by molar-refractivity contribution is 8.01. The Kier molecular flexibility index (Phi) is 6.55. The molecule has 34 heavy (non-hydrogen) atoms. The standard InChI is InChI=1S/C23H20ClN5O3S2/c1-13-19(20(28-32-13)16-8-4-5-9-17(16)24)21(31)25-22-26-27-23(34-22)33-12-18(30)29-10-14-6-2-3-7-15(14)11-29/h2-9,20,28H,10-12H2,1H3,(H,25,26,31). The maximum Gasteiger partial charge on any atom is 0.258 e. The number of halogens is 1. The molecule has 3 heterocycles. The van der Waals surface area contributed by atoms with Crippen LogP contribution in [0.4, 0.5) is 5.13 Å². The molecule has 174 valence electrons. The number of nitrogens with one attached hydrogen (secondary N) is 2. The fraction of sp³-hybridized carbons (Fsp3) is 0.217. The number of hydrogen-bond donors (Lipinski definition) is 2. The van der Waals surface area contributed by atoms with Gasteiger partial charge in [-0.2, -0.15) is 0 Å². The molecule has 8 nitrogen and oxygen atoms in total. The molecule has 5 rings (SSSR count). The first-order valence-electron chi connectivity index (χ1n) is 10.5. The molecule has 0 saturated carbocycles. The van der Waals surface area contributed by atoms with Crippen LogP contribution in [0.3, 0.4) is 0 Å². The van der Waals surface area contributed by atoms with Gasteiger partial charge in [-0.05, 0) is 29.7 Å². The van der Waals surface area contributed by atoms with Gasteiger partial charge in [0.2, 0.25) is 11.0 Å². The number of benzene rings is 2. The molecule has 1 atom stereocenters. The largest absolute Gasteiger partial charge is 0.412 e. The fourth-order valence-electron chi connectivity index (χ4n) is 3.89. The van der Waals surface area contributed by atoms with E-state index < -0.39 is 6.04 Å². The minimum atomic E-state index is -0.502. The Bertz CT molecular complexity index is 1270. The van der Waals surface area contributed by atoms with E-state index in [1.165, 1.54) is 34.2 Å². The zero-order chi connectivity index (χ0) is 23.7. The molecule has 2 amide bonds. The molecule has 0 saturated heterocycles. The lowest BCUT2D eigenvalue weighted by Crippen LogP contribution is -2.26. The second-order valence-corrected chi connectivity index (χ2v) is 10.4. The van der Waals surface area contributed by atoms with Gasteiger partial charge < -0.3 is 9.74 Å². The number of hydroxylamine groups is 1. The number of thioether (sulfide) groups is 1. The van der Waals surface area contributed by atoms with E-state index in [0.29, 0.717) is 38.9 Å². The fourth-order valence-corrected chi connectivity index (χ4v) is 5.79. The van der Waals surface area contributed by atoms with Crippen LogP contribution in [0.5, 0.6) is 0 Å². The monoisotopic (exact) mass is 513 g/mol. The number of aromatic nitrogens is 2. The predicted octanol–water partition coefficient (Wildman–Crippen LogP) is 4.31. The molecule has 2 N–H and O–H groups in total. The maximum atomic E-state index is 13.0. The van der Waals surface area contributed by atoms with Crippen LogP contribution < -0.4 is 10.8 Å². The summed E-state index contributed by atoms with van der Waals surface area (Å²) in [6.07, 6.45) is 0. The van der Waals surface area contributed by atoms with Crippen LogP contribution in [-0.2, 0) is 27.5 Å². The van der Waals surface area contributed by atoms with Gasteiger partial charge in [0, 0.05) is 18.1 Å². The van der Waals surface area contributed by atoms with Crippen molar-refractivity contribution in [1.82, 2.24) is 20.6 Å². The third-order valence-electron chi connectivity index (χ3n) is 5.60. The lowest BCUT2D eigenvalue weighted by Gasteiger charge is -2.14. The summed E-state index contributed by atoms with van der Waals surface area (Å²) in [7, 11) is 0. The number of rotatable bonds is 6. The van der Waals surface area contributed by atoms with Crippen molar-refractivity contribution in [2.75, 3.05) is 11.1 Å². The van der Waals surface area contributed by atoms with Crippen LogP contribution in [0.25, 0.3) is 0 Å². The highest BCUT2D eigenvalue weighted by Crippen LogP contribution is 2.35. The molecule has 2 aliphatic rings. The van der Waals surface area contributed by atoms with Gasteiger partial charge in [-0.1, -0.05) is 77.2 Å². The summed E-state index contributed by atoms with van der Waals surface area (Å²) in [5, 5.41) is 11.8. The third kappa shape index (κ3) is 4.67. The molecule has 2 aromatic carbocycles. The Balaban J connectivity index is 1.19. The van der Waals surface area contributed by atoms with Crippen molar-refractivity contribution in [2.45, 2.75) is 30.4 Å². The Labute approximate surface area is 209 Å². The van der Waals surface area contributed by atoms with Gasteiger partial charge in [0.05, 0.1) is 11.3 Å². The molecule has 1 unspecified atom stereocenters. The minimum absolute atomic E-state index is 0.0412. The summed E-state index contributed by atoms with van der Waals surface area (Å²) in [5.74, 6) is 0.400. The van der Waals surface area contributed by atoms with Crippen LogP contribution in [-0.4, -0.2) is 32.7 Å². The van der Waals surface area contributed by atoms with E-state index >= 15 is 0 Å². The van der Waals surface area contributed by atoms with Crippen LogP contribution in [0, 0.1) is 0 Å². The summed E-state index contributed by atoms with van der Waals surface area (Å²) in [4.78, 5) is 32.9. The number of nitrogens with zero attached hydrogens (tertiary/aromatic N) is 3. The molecule has 3 aromatic rings. The van der Waals surface area contributed by atoms with E-state index in [4.69, 9.17) is 16.4 Å².